The summed E-state index contributed by atoms with van der Waals surface area (Å²) in [5.74, 6) is -0.603. The summed E-state index contributed by atoms with van der Waals surface area (Å²) in [4.78, 5) is 0.0355. The number of hydrogen-bond acceptors (Lipinski definition) is 3. The maximum absolute atomic E-state index is 13.2. The average molecular weight is 274 g/mol. The summed E-state index contributed by atoms with van der Waals surface area (Å²) in [7, 11) is -3.65. The molecule has 102 valence electrons. The van der Waals surface area contributed by atoms with Crippen LogP contribution in [-0.2, 0) is 10.0 Å². The Morgan fingerprint density at radius 1 is 1.33 bits per heavy atom. The van der Waals surface area contributed by atoms with Crippen molar-refractivity contribution in [3.63, 3.8) is 0 Å². The largest absolute Gasteiger partial charge is 0.396 e. The van der Waals surface area contributed by atoms with Crippen molar-refractivity contribution in [2.75, 3.05) is 5.73 Å². The Balaban J connectivity index is 3.16. The van der Waals surface area contributed by atoms with Crippen LogP contribution in [0.15, 0.2) is 17.0 Å². The lowest BCUT2D eigenvalue weighted by Gasteiger charge is -2.16. The van der Waals surface area contributed by atoms with Crippen molar-refractivity contribution in [3.8, 4) is 0 Å². The van der Waals surface area contributed by atoms with Gasteiger partial charge in [0.1, 0.15) is 5.82 Å². The molecule has 0 heterocycles. The van der Waals surface area contributed by atoms with Crippen molar-refractivity contribution in [2.45, 2.75) is 44.6 Å². The number of nitrogens with two attached hydrogens (primary N) is 1. The molecular formula is C12H19FN2O2S. The number of hydrogen-bond donors (Lipinski definition) is 2. The number of aryl methyl sites for hydroxylation is 1. The Labute approximate surface area is 107 Å². The smallest absolute Gasteiger partial charge is 0.241 e. The summed E-state index contributed by atoms with van der Waals surface area (Å²) >= 11 is 0. The maximum Gasteiger partial charge on any atom is 0.241 e. The van der Waals surface area contributed by atoms with E-state index in [1.165, 1.54) is 0 Å². The molecule has 0 radical (unpaired) electrons. The van der Waals surface area contributed by atoms with Crippen molar-refractivity contribution in [2.24, 2.45) is 0 Å². The second-order valence-electron chi connectivity index (χ2n) is 4.27. The Hall–Kier alpha value is -1.14. The van der Waals surface area contributed by atoms with E-state index in [2.05, 4.69) is 4.72 Å². The van der Waals surface area contributed by atoms with Crippen molar-refractivity contribution in [3.05, 3.63) is 23.5 Å². The van der Waals surface area contributed by atoms with Gasteiger partial charge in [-0.2, -0.15) is 0 Å². The number of nitrogen functional groups attached to an aromatic ring is 1. The number of rotatable bonds is 5. The van der Waals surface area contributed by atoms with E-state index in [9.17, 15) is 12.8 Å². The lowest BCUT2D eigenvalue weighted by atomic mass is 10.2. The highest BCUT2D eigenvalue weighted by molar-refractivity contribution is 7.89. The maximum atomic E-state index is 13.2. The highest BCUT2D eigenvalue weighted by Crippen LogP contribution is 2.22. The summed E-state index contributed by atoms with van der Waals surface area (Å²) in [6, 6.07) is 2.17. The Kier molecular flexibility index (Phi) is 4.70. The first kappa shape index (κ1) is 14.9. The van der Waals surface area contributed by atoms with Gasteiger partial charge in [-0.3, -0.25) is 0 Å². The van der Waals surface area contributed by atoms with Gasteiger partial charge in [0.2, 0.25) is 10.0 Å². The average Bonchev–Trinajstić information content (AvgIpc) is 2.30. The number of anilines is 1. The van der Waals surface area contributed by atoms with E-state index >= 15 is 0 Å². The first-order chi connectivity index (χ1) is 8.31. The molecule has 0 fully saturated rings. The number of sulfonamides is 1. The summed E-state index contributed by atoms with van der Waals surface area (Å²) in [6.07, 6.45) is 1.40. The van der Waals surface area contributed by atoms with Crippen molar-refractivity contribution in [1.82, 2.24) is 4.72 Å². The first-order valence-corrected chi connectivity index (χ1v) is 7.38. The molecule has 1 aromatic rings. The molecule has 1 aromatic carbocycles. The van der Waals surface area contributed by atoms with Crippen LogP contribution in [0.4, 0.5) is 10.1 Å². The lowest BCUT2D eigenvalue weighted by molar-refractivity contribution is 0.529. The summed E-state index contributed by atoms with van der Waals surface area (Å²) in [6.45, 7) is 5.36. The fourth-order valence-electron chi connectivity index (χ4n) is 1.70. The molecule has 0 aliphatic carbocycles. The second kappa shape index (κ2) is 5.67. The Morgan fingerprint density at radius 2 is 1.89 bits per heavy atom. The predicted octanol–water partition coefficient (Wildman–Crippen LogP) is 2.18. The summed E-state index contributed by atoms with van der Waals surface area (Å²) in [5.41, 5.74) is 5.60. The fraction of sp³-hybridized carbons (Fsp3) is 0.500. The molecule has 18 heavy (non-hydrogen) atoms. The van der Waals surface area contributed by atoms with E-state index in [0.29, 0.717) is 18.4 Å². The van der Waals surface area contributed by atoms with Gasteiger partial charge >= 0.3 is 0 Å². The molecule has 0 amide bonds. The van der Waals surface area contributed by atoms with Crippen molar-refractivity contribution < 1.29 is 12.8 Å². The summed E-state index contributed by atoms with van der Waals surface area (Å²) in [5, 5.41) is 0. The zero-order valence-corrected chi connectivity index (χ0v) is 11.6. The molecule has 0 spiro atoms. The minimum absolute atomic E-state index is 0.0355. The Morgan fingerprint density at radius 3 is 2.39 bits per heavy atom. The molecule has 0 aliphatic heterocycles. The number of benzene rings is 1. The topological polar surface area (TPSA) is 72.2 Å². The SMILES string of the molecule is CCC(CC)NS(=O)(=O)c1cc(N)c(F)cc1C. The van der Waals surface area contributed by atoms with Crippen LogP contribution in [0.3, 0.4) is 0 Å². The quantitative estimate of drug-likeness (QED) is 0.808. The van der Waals surface area contributed by atoms with Crippen LogP contribution >= 0.6 is 0 Å². The zero-order chi connectivity index (χ0) is 13.9. The van der Waals surface area contributed by atoms with Gasteiger partial charge in [0.05, 0.1) is 10.6 Å². The van der Waals surface area contributed by atoms with Crippen LogP contribution in [-0.4, -0.2) is 14.5 Å². The minimum Gasteiger partial charge on any atom is -0.396 e. The second-order valence-corrected chi connectivity index (χ2v) is 5.96. The molecule has 0 saturated heterocycles. The lowest BCUT2D eigenvalue weighted by Crippen LogP contribution is -2.34. The zero-order valence-electron chi connectivity index (χ0n) is 10.8. The van der Waals surface area contributed by atoms with Crippen molar-refractivity contribution in [1.29, 1.82) is 0 Å². The van der Waals surface area contributed by atoms with Crippen LogP contribution in [0, 0.1) is 12.7 Å². The van der Waals surface area contributed by atoms with Crippen LogP contribution in [0.1, 0.15) is 32.3 Å². The van der Waals surface area contributed by atoms with Crippen LogP contribution in [0.2, 0.25) is 0 Å². The molecular weight excluding hydrogens is 255 g/mol. The van der Waals surface area contributed by atoms with Gasteiger partial charge in [-0.1, -0.05) is 13.8 Å². The first-order valence-electron chi connectivity index (χ1n) is 5.89. The number of nitrogens with one attached hydrogen (secondary N) is 1. The molecule has 0 aliphatic rings. The molecule has 0 atom stereocenters. The van der Waals surface area contributed by atoms with E-state index < -0.39 is 15.8 Å². The van der Waals surface area contributed by atoms with Gasteiger partial charge in [0.15, 0.2) is 0 Å². The van der Waals surface area contributed by atoms with Crippen molar-refractivity contribution >= 4 is 15.7 Å². The molecule has 0 saturated carbocycles. The van der Waals surface area contributed by atoms with Gasteiger partial charge in [-0.05, 0) is 37.5 Å². The van der Waals surface area contributed by atoms with E-state index in [0.717, 1.165) is 12.1 Å². The van der Waals surface area contributed by atoms with E-state index in [4.69, 9.17) is 5.73 Å². The third-order valence-corrected chi connectivity index (χ3v) is 4.55. The molecule has 0 bridgehead atoms. The fourth-order valence-corrected chi connectivity index (χ4v) is 3.36. The molecule has 0 aromatic heterocycles. The molecule has 1 rings (SSSR count). The molecule has 4 nitrogen and oxygen atoms in total. The van der Waals surface area contributed by atoms with Gasteiger partial charge in [-0.15, -0.1) is 0 Å². The van der Waals surface area contributed by atoms with Crippen LogP contribution in [0.25, 0.3) is 0 Å². The van der Waals surface area contributed by atoms with Crippen LogP contribution < -0.4 is 10.5 Å². The van der Waals surface area contributed by atoms with Crippen LogP contribution in [0.5, 0.6) is 0 Å². The molecule has 0 unspecified atom stereocenters. The normalized spacial score (nSPS) is 12.1. The van der Waals surface area contributed by atoms with Gasteiger partial charge < -0.3 is 5.73 Å². The van der Waals surface area contributed by atoms with Gasteiger partial charge in [-0.25, -0.2) is 17.5 Å². The molecule has 6 heteroatoms. The predicted molar refractivity (Wildman–Crippen MR) is 70.2 cm³/mol. The standard InChI is InChI=1S/C12H19FN2O2S/c1-4-9(5-2)15-18(16,17)12-7-11(14)10(13)6-8(12)3/h6-7,9,15H,4-5,14H2,1-3H3. The highest BCUT2D eigenvalue weighted by atomic mass is 32.2. The third kappa shape index (κ3) is 3.20. The monoisotopic (exact) mass is 274 g/mol. The molecule has 3 N–H and O–H groups in total. The van der Waals surface area contributed by atoms with E-state index in [1.807, 2.05) is 13.8 Å². The third-order valence-electron chi connectivity index (χ3n) is 2.89. The van der Waals surface area contributed by atoms with Gasteiger partial charge in [0.25, 0.3) is 0 Å². The minimum atomic E-state index is -3.65. The van der Waals surface area contributed by atoms with E-state index in [-0.39, 0.29) is 16.6 Å². The Bertz CT molecular complexity index is 525. The van der Waals surface area contributed by atoms with E-state index in [1.54, 1.807) is 6.92 Å². The number of halogens is 1. The summed E-state index contributed by atoms with van der Waals surface area (Å²) < 4.78 is 40.1. The highest BCUT2D eigenvalue weighted by Gasteiger charge is 2.21. The van der Waals surface area contributed by atoms with Gasteiger partial charge in [0, 0.05) is 6.04 Å².